The summed E-state index contributed by atoms with van der Waals surface area (Å²) in [4.78, 5) is 63.5. The third-order valence-electron chi connectivity index (χ3n) is 5.67. The molecule has 0 spiro atoms. The number of nitro groups is 1. The SMILES string of the molecule is CC1CC(C)CN(C(=O)C(C)OC(=O)C(C)N2C(=O)c3cccc([N+](=O)[O-])c3C2=O)C1. The molecule has 2 aliphatic heterocycles. The number of rotatable bonds is 5. The van der Waals surface area contributed by atoms with Crippen LogP contribution in [0.5, 0.6) is 0 Å². The van der Waals surface area contributed by atoms with E-state index in [0.717, 1.165) is 12.5 Å². The topological polar surface area (TPSA) is 127 Å². The van der Waals surface area contributed by atoms with E-state index in [4.69, 9.17) is 4.74 Å². The van der Waals surface area contributed by atoms with E-state index in [1.165, 1.54) is 26.0 Å². The number of hydrogen-bond donors (Lipinski definition) is 0. The Hall–Kier alpha value is -3.30. The molecular weight excluding hydrogens is 406 g/mol. The Labute approximate surface area is 179 Å². The van der Waals surface area contributed by atoms with Crippen LogP contribution >= 0.6 is 0 Å². The average molecular weight is 431 g/mol. The van der Waals surface area contributed by atoms with Crippen molar-refractivity contribution in [2.45, 2.75) is 46.3 Å². The maximum absolute atomic E-state index is 12.7. The lowest BCUT2D eigenvalue weighted by Gasteiger charge is -2.36. The molecule has 1 aromatic rings. The number of piperidine rings is 1. The molecule has 1 aromatic carbocycles. The van der Waals surface area contributed by atoms with Gasteiger partial charge in [0.1, 0.15) is 11.6 Å². The molecule has 0 aliphatic carbocycles. The smallest absolute Gasteiger partial charge is 0.329 e. The van der Waals surface area contributed by atoms with E-state index in [1.54, 1.807) is 4.90 Å². The van der Waals surface area contributed by atoms with E-state index >= 15 is 0 Å². The number of amides is 3. The number of imide groups is 1. The summed E-state index contributed by atoms with van der Waals surface area (Å²) < 4.78 is 5.27. The van der Waals surface area contributed by atoms with Gasteiger partial charge in [-0.25, -0.2) is 4.79 Å². The molecule has 1 fully saturated rings. The maximum atomic E-state index is 12.7. The van der Waals surface area contributed by atoms with Gasteiger partial charge < -0.3 is 9.64 Å². The monoisotopic (exact) mass is 431 g/mol. The molecule has 2 heterocycles. The van der Waals surface area contributed by atoms with Crippen molar-refractivity contribution in [3.8, 4) is 0 Å². The zero-order valence-electron chi connectivity index (χ0n) is 17.9. The molecule has 0 N–H and O–H groups in total. The molecule has 1 saturated heterocycles. The number of hydrogen-bond acceptors (Lipinski definition) is 7. The van der Waals surface area contributed by atoms with Crippen molar-refractivity contribution in [3.63, 3.8) is 0 Å². The van der Waals surface area contributed by atoms with E-state index in [1.807, 2.05) is 0 Å². The third-order valence-corrected chi connectivity index (χ3v) is 5.67. The number of esters is 1. The summed E-state index contributed by atoms with van der Waals surface area (Å²) in [5.41, 5.74) is -0.993. The largest absolute Gasteiger partial charge is 0.451 e. The van der Waals surface area contributed by atoms with Crippen molar-refractivity contribution in [3.05, 3.63) is 39.4 Å². The molecule has 10 nitrogen and oxygen atoms in total. The molecule has 3 amide bonds. The van der Waals surface area contributed by atoms with Crippen LogP contribution in [-0.2, 0) is 14.3 Å². The second-order valence-corrected chi connectivity index (χ2v) is 8.38. The molecule has 4 atom stereocenters. The molecule has 3 rings (SSSR count). The number of nitrogens with zero attached hydrogens (tertiary/aromatic N) is 3. The second kappa shape index (κ2) is 8.44. The van der Waals surface area contributed by atoms with Crippen molar-refractivity contribution < 1.29 is 28.8 Å². The highest BCUT2D eigenvalue weighted by Crippen LogP contribution is 2.32. The lowest BCUT2D eigenvalue weighted by atomic mass is 9.91. The highest BCUT2D eigenvalue weighted by molar-refractivity contribution is 6.24. The lowest BCUT2D eigenvalue weighted by molar-refractivity contribution is -0.385. The van der Waals surface area contributed by atoms with Gasteiger partial charge in [0.25, 0.3) is 23.4 Å². The third kappa shape index (κ3) is 4.14. The predicted octanol–water partition coefficient (Wildman–Crippen LogP) is 2.02. The second-order valence-electron chi connectivity index (χ2n) is 8.38. The molecule has 0 bridgehead atoms. The van der Waals surface area contributed by atoms with Gasteiger partial charge in [0.15, 0.2) is 6.10 Å². The lowest BCUT2D eigenvalue weighted by Crippen LogP contribution is -2.49. The standard InChI is InChI=1S/C21H25N3O7/c1-11-8-12(2)10-22(9-11)18(25)14(4)31-21(28)13(3)23-19(26)15-6-5-7-16(24(29)30)17(15)20(23)27/h5-7,11-14H,8-10H2,1-4H3. The van der Waals surface area contributed by atoms with Gasteiger partial charge >= 0.3 is 5.97 Å². The van der Waals surface area contributed by atoms with Crippen LogP contribution < -0.4 is 0 Å². The summed E-state index contributed by atoms with van der Waals surface area (Å²) in [6.07, 6.45) is -0.0714. The number of benzene rings is 1. The molecule has 0 saturated carbocycles. The Morgan fingerprint density at radius 1 is 1.13 bits per heavy atom. The van der Waals surface area contributed by atoms with Gasteiger partial charge in [-0.15, -0.1) is 0 Å². The Kier molecular flexibility index (Phi) is 6.10. The average Bonchev–Trinajstić information content (AvgIpc) is 2.96. The van der Waals surface area contributed by atoms with E-state index in [2.05, 4.69) is 13.8 Å². The van der Waals surface area contributed by atoms with Crippen LogP contribution in [0.2, 0.25) is 0 Å². The van der Waals surface area contributed by atoms with Gasteiger partial charge in [-0.2, -0.15) is 0 Å². The highest BCUT2D eigenvalue weighted by atomic mass is 16.6. The van der Waals surface area contributed by atoms with Gasteiger partial charge in [-0.05, 0) is 38.2 Å². The first-order valence-corrected chi connectivity index (χ1v) is 10.2. The van der Waals surface area contributed by atoms with Crippen LogP contribution in [0.4, 0.5) is 5.69 Å². The van der Waals surface area contributed by atoms with Crippen LogP contribution in [0.3, 0.4) is 0 Å². The number of fused-ring (bicyclic) bond motifs is 1. The van der Waals surface area contributed by atoms with Gasteiger partial charge in [0, 0.05) is 19.2 Å². The summed E-state index contributed by atoms with van der Waals surface area (Å²) in [7, 11) is 0. The van der Waals surface area contributed by atoms with Crippen LogP contribution in [0.25, 0.3) is 0 Å². The van der Waals surface area contributed by atoms with Crippen LogP contribution in [0.1, 0.15) is 54.8 Å². The molecule has 0 aromatic heterocycles. The van der Waals surface area contributed by atoms with Crippen molar-refractivity contribution in [2.75, 3.05) is 13.1 Å². The van der Waals surface area contributed by atoms with Gasteiger partial charge in [-0.1, -0.05) is 19.9 Å². The minimum atomic E-state index is -1.35. The number of likely N-dealkylation sites (tertiary alicyclic amines) is 1. The predicted molar refractivity (Wildman–Crippen MR) is 108 cm³/mol. The van der Waals surface area contributed by atoms with Crippen molar-refractivity contribution in [1.29, 1.82) is 0 Å². The summed E-state index contributed by atoms with van der Waals surface area (Å²) in [5, 5.41) is 11.2. The number of nitro benzene ring substituents is 1. The zero-order chi connectivity index (χ0) is 23.0. The molecular formula is C21H25N3O7. The van der Waals surface area contributed by atoms with Crippen LogP contribution in [-0.4, -0.2) is 63.6 Å². The minimum Gasteiger partial charge on any atom is -0.451 e. The Bertz CT molecular complexity index is 950. The van der Waals surface area contributed by atoms with E-state index in [0.29, 0.717) is 29.8 Å². The first kappa shape index (κ1) is 22.4. The molecule has 0 radical (unpaired) electrons. The van der Waals surface area contributed by atoms with Gasteiger partial charge in [0.2, 0.25) is 0 Å². The van der Waals surface area contributed by atoms with Crippen molar-refractivity contribution in [2.24, 2.45) is 11.8 Å². The van der Waals surface area contributed by atoms with Gasteiger partial charge in [-0.3, -0.25) is 29.4 Å². The molecule has 31 heavy (non-hydrogen) atoms. The quantitative estimate of drug-likeness (QED) is 0.302. The fourth-order valence-electron chi connectivity index (χ4n) is 4.32. The molecule has 2 aliphatic rings. The Balaban J connectivity index is 1.72. The normalized spacial score (nSPS) is 22.7. The fraction of sp³-hybridized carbons (Fsp3) is 0.524. The van der Waals surface area contributed by atoms with Crippen LogP contribution in [0, 0.1) is 22.0 Å². The summed E-state index contributed by atoms with van der Waals surface area (Å²) in [6.45, 7) is 7.99. The number of carbonyl (C=O) groups is 4. The van der Waals surface area contributed by atoms with E-state index < -0.39 is 40.5 Å². The van der Waals surface area contributed by atoms with E-state index in [-0.39, 0.29) is 17.0 Å². The highest BCUT2D eigenvalue weighted by Gasteiger charge is 2.45. The first-order valence-electron chi connectivity index (χ1n) is 10.2. The summed E-state index contributed by atoms with van der Waals surface area (Å²) >= 11 is 0. The summed E-state index contributed by atoms with van der Waals surface area (Å²) in [5.74, 6) is -2.35. The van der Waals surface area contributed by atoms with Crippen LogP contribution in [0.15, 0.2) is 18.2 Å². The van der Waals surface area contributed by atoms with Crippen molar-refractivity contribution in [1.82, 2.24) is 9.80 Å². The van der Waals surface area contributed by atoms with E-state index in [9.17, 15) is 29.3 Å². The van der Waals surface area contributed by atoms with Crippen molar-refractivity contribution >= 4 is 29.4 Å². The maximum Gasteiger partial charge on any atom is 0.329 e. The fourth-order valence-corrected chi connectivity index (χ4v) is 4.32. The molecule has 166 valence electrons. The van der Waals surface area contributed by atoms with Gasteiger partial charge in [0.05, 0.1) is 10.5 Å². The zero-order valence-corrected chi connectivity index (χ0v) is 17.9. The Morgan fingerprint density at radius 3 is 2.32 bits per heavy atom. The molecule has 10 heteroatoms. The summed E-state index contributed by atoms with van der Waals surface area (Å²) in [6, 6.07) is 2.38. The first-order chi connectivity index (χ1) is 14.5. The molecule has 4 unspecified atom stereocenters. The number of carbonyl (C=O) groups excluding carboxylic acids is 4. The minimum absolute atomic E-state index is 0.140. The number of ether oxygens (including phenoxy) is 1. The Morgan fingerprint density at radius 2 is 1.74 bits per heavy atom.